The van der Waals surface area contributed by atoms with Crippen molar-refractivity contribution in [2.75, 3.05) is 23.9 Å². The molecule has 1 heterocycles. The van der Waals surface area contributed by atoms with Gasteiger partial charge in [-0.05, 0) is 36.8 Å². The molecule has 0 unspecified atom stereocenters. The van der Waals surface area contributed by atoms with E-state index in [1.54, 1.807) is 12.1 Å². The normalized spacial score (nSPS) is 15.0. The molecule has 0 aliphatic carbocycles. The summed E-state index contributed by atoms with van der Waals surface area (Å²) in [5.74, 6) is 0.119. The molecule has 2 aromatic rings. The zero-order valence-corrected chi connectivity index (χ0v) is 16.0. The number of para-hydroxylation sites is 1. The fraction of sp³-hybridized carbons (Fsp3) is 0.263. The highest BCUT2D eigenvalue weighted by molar-refractivity contribution is 7.90. The first kappa shape index (κ1) is 19.1. The first-order valence-electron chi connectivity index (χ1n) is 8.58. The van der Waals surface area contributed by atoms with Crippen LogP contribution in [-0.2, 0) is 19.6 Å². The van der Waals surface area contributed by atoms with Gasteiger partial charge in [-0.3, -0.25) is 9.69 Å². The topological polar surface area (TPSA) is 88.1 Å². The number of amides is 1. The highest BCUT2D eigenvalue weighted by Crippen LogP contribution is 2.38. The van der Waals surface area contributed by atoms with E-state index in [-0.39, 0.29) is 17.4 Å². The molecule has 1 amide bonds. The van der Waals surface area contributed by atoms with Crippen molar-refractivity contribution in [3.05, 3.63) is 48.5 Å². The lowest BCUT2D eigenvalue weighted by Crippen LogP contribution is -2.32. The summed E-state index contributed by atoms with van der Waals surface area (Å²) in [7, 11) is -2.45. The van der Waals surface area contributed by atoms with Crippen LogP contribution in [0, 0.1) is 0 Å². The van der Waals surface area contributed by atoms with Crippen LogP contribution in [0.25, 0.3) is 0 Å². The number of fused-ring (bicyclic) bond motifs is 1. The van der Waals surface area contributed by atoms with Crippen LogP contribution < -0.4 is 10.2 Å². The third-order valence-corrected chi connectivity index (χ3v) is 5.34. The molecule has 0 saturated heterocycles. The summed E-state index contributed by atoms with van der Waals surface area (Å²) >= 11 is 0. The summed E-state index contributed by atoms with van der Waals surface area (Å²) in [6.07, 6.45) is 1.29. The summed E-state index contributed by atoms with van der Waals surface area (Å²) in [6.45, 7) is 1.86. The van der Waals surface area contributed by atoms with Crippen molar-refractivity contribution in [2.45, 2.75) is 24.7 Å². The van der Waals surface area contributed by atoms with Crippen LogP contribution in [0.4, 0.5) is 17.1 Å². The Kier molecular flexibility index (Phi) is 5.57. The van der Waals surface area contributed by atoms with E-state index >= 15 is 0 Å². The SMILES string of the molecule is CCCC1=NS(=O)(=O)c2cc(NC(=O)COC)ccc2N1c1ccccc1. The van der Waals surface area contributed by atoms with Gasteiger partial charge in [0.05, 0.1) is 5.69 Å². The molecule has 0 atom stereocenters. The van der Waals surface area contributed by atoms with Crippen LogP contribution in [0.2, 0.25) is 0 Å². The molecule has 8 heteroatoms. The lowest BCUT2D eigenvalue weighted by atomic mass is 10.2. The first-order valence-corrected chi connectivity index (χ1v) is 10.0. The summed E-state index contributed by atoms with van der Waals surface area (Å²) < 4.78 is 34.3. The summed E-state index contributed by atoms with van der Waals surface area (Å²) in [6, 6.07) is 14.3. The number of nitrogens with one attached hydrogen (secondary N) is 1. The Morgan fingerprint density at radius 3 is 2.59 bits per heavy atom. The maximum Gasteiger partial charge on any atom is 0.286 e. The fourth-order valence-corrected chi connectivity index (χ4v) is 4.17. The molecular formula is C19H21N3O4S. The molecule has 0 bridgehead atoms. The van der Waals surface area contributed by atoms with Gasteiger partial charge in [-0.15, -0.1) is 4.40 Å². The van der Waals surface area contributed by atoms with Gasteiger partial charge in [0.25, 0.3) is 10.0 Å². The van der Waals surface area contributed by atoms with E-state index in [0.717, 1.165) is 12.1 Å². The van der Waals surface area contributed by atoms with Gasteiger partial charge >= 0.3 is 0 Å². The monoisotopic (exact) mass is 387 g/mol. The number of anilines is 3. The van der Waals surface area contributed by atoms with Crippen molar-refractivity contribution in [3.8, 4) is 0 Å². The predicted octanol–water partition coefficient (Wildman–Crippen LogP) is 3.31. The maximum absolute atomic E-state index is 12.7. The second kappa shape index (κ2) is 7.89. The molecule has 0 saturated carbocycles. The number of methoxy groups -OCH3 is 1. The molecule has 2 aromatic carbocycles. The molecule has 1 N–H and O–H groups in total. The minimum Gasteiger partial charge on any atom is -0.375 e. The highest BCUT2D eigenvalue weighted by Gasteiger charge is 2.31. The second-order valence-electron chi connectivity index (χ2n) is 6.07. The third kappa shape index (κ3) is 4.01. The molecule has 3 rings (SSSR count). The van der Waals surface area contributed by atoms with Gasteiger partial charge in [-0.2, -0.15) is 8.42 Å². The lowest BCUT2D eigenvalue weighted by molar-refractivity contribution is -0.119. The highest BCUT2D eigenvalue weighted by atomic mass is 32.2. The van der Waals surface area contributed by atoms with Crippen LogP contribution >= 0.6 is 0 Å². The lowest BCUT2D eigenvalue weighted by Gasteiger charge is -2.31. The smallest absolute Gasteiger partial charge is 0.286 e. The number of carbonyl (C=O) groups is 1. The van der Waals surface area contributed by atoms with Gasteiger partial charge in [0.2, 0.25) is 5.91 Å². The molecule has 142 valence electrons. The number of ether oxygens (including phenoxy) is 1. The molecule has 7 nitrogen and oxygen atoms in total. The second-order valence-corrected chi connectivity index (χ2v) is 7.64. The number of hydrogen-bond donors (Lipinski definition) is 1. The van der Waals surface area contributed by atoms with Gasteiger partial charge in [-0.25, -0.2) is 0 Å². The third-order valence-electron chi connectivity index (χ3n) is 4.01. The number of rotatable bonds is 6. The Labute approximate surface area is 158 Å². The van der Waals surface area contributed by atoms with Crippen molar-refractivity contribution in [3.63, 3.8) is 0 Å². The van der Waals surface area contributed by atoms with Gasteiger partial charge in [0.15, 0.2) is 0 Å². The first-order chi connectivity index (χ1) is 13.0. The van der Waals surface area contributed by atoms with Crippen molar-refractivity contribution in [1.82, 2.24) is 0 Å². The average Bonchev–Trinajstić information content (AvgIpc) is 2.63. The van der Waals surface area contributed by atoms with E-state index in [4.69, 9.17) is 4.74 Å². The van der Waals surface area contributed by atoms with Crippen molar-refractivity contribution < 1.29 is 17.9 Å². The molecular weight excluding hydrogens is 366 g/mol. The van der Waals surface area contributed by atoms with E-state index < -0.39 is 10.0 Å². The van der Waals surface area contributed by atoms with Crippen molar-refractivity contribution >= 4 is 38.8 Å². The van der Waals surface area contributed by atoms with E-state index in [2.05, 4.69) is 9.71 Å². The maximum atomic E-state index is 12.7. The van der Waals surface area contributed by atoms with E-state index in [9.17, 15) is 13.2 Å². The Balaban J connectivity index is 2.10. The Morgan fingerprint density at radius 2 is 1.93 bits per heavy atom. The average molecular weight is 387 g/mol. The number of amidine groups is 1. The molecule has 0 fully saturated rings. The predicted molar refractivity (Wildman–Crippen MR) is 105 cm³/mol. The molecule has 0 spiro atoms. The van der Waals surface area contributed by atoms with Crippen LogP contribution in [0.3, 0.4) is 0 Å². The van der Waals surface area contributed by atoms with Gasteiger partial charge in [-0.1, -0.05) is 25.1 Å². The quantitative estimate of drug-likeness (QED) is 0.821. The molecule has 0 aromatic heterocycles. The van der Waals surface area contributed by atoms with Crippen LogP contribution in [0.1, 0.15) is 19.8 Å². The Bertz CT molecular complexity index is 972. The number of benzene rings is 2. The summed E-state index contributed by atoms with van der Waals surface area (Å²) in [5, 5.41) is 2.63. The van der Waals surface area contributed by atoms with E-state index in [1.807, 2.05) is 42.2 Å². The Hall–Kier alpha value is -2.71. The standard InChI is InChI=1S/C19H21N3O4S/c1-3-7-18-21-27(24,25)17-12-14(20-19(23)13-26-2)10-11-16(17)22(18)15-8-5-4-6-9-15/h4-6,8-12H,3,7,13H2,1-2H3,(H,20,23). The van der Waals surface area contributed by atoms with Crippen LogP contribution in [0.15, 0.2) is 57.8 Å². The Morgan fingerprint density at radius 1 is 1.19 bits per heavy atom. The molecule has 1 aliphatic heterocycles. The van der Waals surface area contributed by atoms with Crippen LogP contribution in [0.5, 0.6) is 0 Å². The molecule has 1 aliphatic rings. The van der Waals surface area contributed by atoms with Crippen LogP contribution in [-0.4, -0.2) is 33.9 Å². The number of hydrogen-bond acceptors (Lipinski definition) is 5. The van der Waals surface area contributed by atoms with Crippen molar-refractivity contribution in [2.24, 2.45) is 4.40 Å². The largest absolute Gasteiger partial charge is 0.375 e. The molecule has 27 heavy (non-hydrogen) atoms. The number of carbonyl (C=O) groups excluding carboxylic acids is 1. The van der Waals surface area contributed by atoms with Crippen molar-refractivity contribution in [1.29, 1.82) is 0 Å². The summed E-state index contributed by atoms with van der Waals surface area (Å²) in [4.78, 5) is 13.6. The van der Waals surface area contributed by atoms with E-state index in [0.29, 0.717) is 23.6 Å². The zero-order valence-electron chi connectivity index (χ0n) is 15.2. The number of sulfonamides is 1. The van der Waals surface area contributed by atoms with Gasteiger partial charge < -0.3 is 10.1 Å². The molecule has 0 radical (unpaired) electrons. The zero-order chi connectivity index (χ0) is 19.4. The summed E-state index contributed by atoms with van der Waals surface area (Å²) in [5.41, 5.74) is 1.72. The minimum absolute atomic E-state index is 0.0569. The van der Waals surface area contributed by atoms with Gasteiger partial charge in [0, 0.05) is 24.9 Å². The fourth-order valence-electron chi connectivity index (χ4n) is 2.93. The number of nitrogens with zero attached hydrogens (tertiary/aromatic N) is 2. The van der Waals surface area contributed by atoms with Gasteiger partial charge in [0.1, 0.15) is 17.3 Å². The van der Waals surface area contributed by atoms with E-state index in [1.165, 1.54) is 13.2 Å². The minimum atomic E-state index is -3.86.